The normalized spacial score (nSPS) is 10.6. The van der Waals surface area contributed by atoms with E-state index in [2.05, 4.69) is 0 Å². The van der Waals surface area contributed by atoms with Gasteiger partial charge in [0, 0.05) is 11.4 Å². The summed E-state index contributed by atoms with van der Waals surface area (Å²) >= 11 is 5.76. The smallest absolute Gasteiger partial charge is 0.202 e. The van der Waals surface area contributed by atoms with E-state index in [4.69, 9.17) is 11.6 Å². The van der Waals surface area contributed by atoms with Crippen LogP contribution in [0.1, 0.15) is 18.4 Å². The Labute approximate surface area is 89.4 Å². The molecule has 0 N–H and O–H groups in total. The summed E-state index contributed by atoms with van der Waals surface area (Å²) in [6, 6.07) is 7.81. The number of hydrogen-bond acceptors (Lipinski definition) is 1. The van der Waals surface area contributed by atoms with Crippen molar-refractivity contribution in [2.24, 2.45) is 0 Å². The Morgan fingerprint density at radius 3 is 2.57 bits per heavy atom. The zero-order valence-electron chi connectivity index (χ0n) is 7.87. The van der Waals surface area contributed by atoms with Gasteiger partial charge in [-0.3, -0.25) is 4.79 Å². The Bertz CT molecular complexity index is 301. The number of halogens is 1. The third kappa shape index (κ3) is 4.24. The lowest BCUT2D eigenvalue weighted by Crippen LogP contribution is -1.82. The number of allylic oxidation sites excluding steroid dienone is 2. The molecule has 0 saturated heterocycles. The Hall–Kier alpha value is -1.08. The van der Waals surface area contributed by atoms with Crippen LogP contribution >= 0.6 is 11.6 Å². The second-order valence-electron chi connectivity index (χ2n) is 2.99. The second kappa shape index (κ2) is 6.39. The van der Waals surface area contributed by atoms with Crippen LogP contribution in [-0.4, -0.2) is 6.29 Å². The molecular formula is C12H12ClO. The molecular weight excluding hydrogens is 196 g/mol. The van der Waals surface area contributed by atoms with E-state index in [1.165, 1.54) is 5.56 Å². The molecule has 0 spiro atoms. The van der Waals surface area contributed by atoms with Gasteiger partial charge in [0.2, 0.25) is 6.29 Å². The molecule has 0 bridgehead atoms. The summed E-state index contributed by atoms with van der Waals surface area (Å²) in [7, 11) is 0. The van der Waals surface area contributed by atoms with Crippen LogP contribution in [0.2, 0.25) is 5.02 Å². The van der Waals surface area contributed by atoms with Crippen LogP contribution in [-0.2, 0) is 11.2 Å². The number of rotatable bonds is 5. The third-order valence-electron chi connectivity index (χ3n) is 1.88. The highest BCUT2D eigenvalue weighted by molar-refractivity contribution is 6.30. The van der Waals surface area contributed by atoms with Gasteiger partial charge in [-0.05, 0) is 30.5 Å². The molecule has 1 aromatic carbocycles. The molecule has 0 unspecified atom stereocenters. The molecule has 0 aliphatic heterocycles. The topological polar surface area (TPSA) is 17.1 Å². The molecule has 2 heteroatoms. The molecule has 0 aliphatic rings. The maximum atomic E-state index is 9.88. The van der Waals surface area contributed by atoms with Crippen molar-refractivity contribution in [1.82, 2.24) is 0 Å². The van der Waals surface area contributed by atoms with Crippen molar-refractivity contribution in [2.75, 3.05) is 0 Å². The number of carbonyl (C=O) groups excluding carboxylic acids is 1. The highest BCUT2D eigenvalue weighted by Gasteiger charge is 1.90. The van der Waals surface area contributed by atoms with E-state index in [9.17, 15) is 4.79 Å². The molecule has 1 aromatic rings. The van der Waals surface area contributed by atoms with Crippen molar-refractivity contribution in [2.45, 2.75) is 19.3 Å². The molecule has 73 valence electrons. The molecule has 0 aliphatic carbocycles. The average molecular weight is 208 g/mol. The van der Waals surface area contributed by atoms with Gasteiger partial charge >= 0.3 is 0 Å². The molecule has 1 radical (unpaired) electrons. The van der Waals surface area contributed by atoms with Crippen LogP contribution in [0.4, 0.5) is 0 Å². The van der Waals surface area contributed by atoms with Crippen molar-refractivity contribution in [3.63, 3.8) is 0 Å². The predicted octanol–water partition coefficient (Wildman–Crippen LogP) is 3.33. The molecule has 0 amide bonds. The maximum absolute atomic E-state index is 9.88. The van der Waals surface area contributed by atoms with Gasteiger partial charge in [-0.2, -0.15) is 0 Å². The molecule has 0 fully saturated rings. The zero-order chi connectivity index (χ0) is 10.2. The first-order valence-corrected chi connectivity index (χ1v) is 4.95. The zero-order valence-corrected chi connectivity index (χ0v) is 8.63. The first-order chi connectivity index (χ1) is 6.83. The highest BCUT2D eigenvalue weighted by atomic mass is 35.5. The van der Waals surface area contributed by atoms with Crippen LogP contribution in [0.3, 0.4) is 0 Å². The molecule has 0 heterocycles. The monoisotopic (exact) mass is 207 g/mol. The minimum absolute atomic E-state index is 0.390. The van der Waals surface area contributed by atoms with Crippen molar-refractivity contribution < 1.29 is 4.79 Å². The quantitative estimate of drug-likeness (QED) is 0.677. The van der Waals surface area contributed by atoms with E-state index in [1.807, 2.05) is 42.7 Å². The lowest BCUT2D eigenvalue weighted by molar-refractivity contribution is 0.556. The Kier molecular flexibility index (Phi) is 5.02. The van der Waals surface area contributed by atoms with Gasteiger partial charge < -0.3 is 0 Å². The van der Waals surface area contributed by atoms with Gasteiger partial charge in [-0.25, -0.2) is 0 Å². The van der Waals surface area contributed by atoms with Crippen molar-refractivity contribution in [1.29, 1.82) is 0 Å². The maximum Gasteiger partial charge on any atom is 0.202 e. The predicted molar refractivity (Wildman–Crippen MR) is 59.2 cm³/mol. The molecule has 0 saturated carbocycles. The summed E-state index contributed by atoms with van der Waals surface area (Å²) < 4.78 is 0. The standard InChI is InChI=1S/C12H12ClO/c13-12-8-6-11(7-9-12)5-3-1-2-4-10-14/h1-2,6-9H,3-5H2/b2-1+. The number of benzene rings is 1. The Balaban J connectivity index is 2.31. The van der Waals surface area contributed by atoms with Gasteiger partial charge in [-0.15, -0.1) is 0 Å². The van der Waals surface area contributed by atoms with Crippen LogP contribution in [0, 0.1) is 0 Å². The SMILES string of the molecule is O=[C]C/C=C/CCc1ccc(Cl)cc1. The van der Waals surface area contributed by atoms with E-state index in [0.29, 0.717) is 6.42 Å². The van der Waals surface area contributed by atoms with Crippen molar-refractivity contribution in [3.8, 4) is 0 Å². The van der Waals surface area contributed by atoms with E-state index < -0.39 is 0 Å². The summed E-state index contributed by atoms with van der Waals surface area (Å²) in [5, 5.41) is 0.764. The summed E-state index contributed by atoms with van der Waals surface area (Å²) in [5.74, 6) is 0. The highest BCUT2D eigenvalue weighted by Crippen LogP contribution is 2.10. The van der Waals surface area contributed by atoms with Gasteiger partial charge in [0.25, 0.3) is 0 Å². The lowest BCUT2D eigenvalue weighted by Gasteiger charge is -1.97. The summed E-state index contributed by atoms with van der Waals surface area (Å²) in [5.41, 5.74) is 1.26. The van der Waals surface area contributed by atoms with Crippen molar-refractivity contribution >= 4 is 17.9 Å². The summed E-state index contributed by atoms with van der Waals surface area (Å²) in [4.78, 5) is 9.88. The Morgan fingerprint density at radius 1 is 1.21 bits per heavy atom. The summed E-state index contributed by atoms with van der Waals surface area (Å²) in [6.45, 7) is 0. The average Bonchev–Trinajstić information content (AvgIpc) is 2.21. The van der Waals surface area contributed by atoms with E-state index in [-0.39, 0.29) is 0 Å². The van der Waals surface area contributed by atoms with Crippen LogP contribution in [0.15, 0.2) is 36.4 Å². The van der Waals surface area contributed by atoms with Crippen LogP contribution in [0.5, 0.6) is 0 Å². The lowest BCUT2D eigenvalue weighted by atomic mass is 10.1. The van der Waals surface area contributed by atoms with Gasteiger partial charge in [0.15, 0.2) is 0 Å². The van der Waals surface area contributed by atoms with E-state index in [0.717, 1.165) is 17.9 Å². The second-order valence-corrected chi connectivity index (χ2v) is 3.42. The Morgan fingerprint density at radius 2 is 1.93 bits per heavy atom. The number of hydrogen-bond donors (Lipinski definition) is 0. The van der Waals surface area contributed by atoms with Gasteiger partial charge in [0.05, 0.1) is 0 Å². The summed E-state index contributed by atoms with van der Waals surface area (Å²) in [6.07, 6.45) is 7.97. The van der Waals surface area contributed by atoms with Gasteiger partial charge in [0.1, 0.15) is 0 Å². The number of aryl methyl sites for hydroxylation is 1. The van der Waals surface area contributed by atoms with Gasteiger partial charge in [-0.1, -0.05) is 35.9 Å². The fourth-order valence-electron chi connectivity index (χ4n) is 1.15. The fraction of sp³-hybridized carbons (Fsp3) is 0.250. The molecule has 0 atom stereocenters. The minimum atomic E-state index is 0.390. The van der Waals surface area contributed by atoms with Crippen LogP contribution in [0.25, 0.3) is 0 Å². The van der Waals surface area contributed by atoms with Crippen LogP contribution < -0.4 is 0 Å². The molecule has 14 heavy (non-hydrogen) atoms. The minimum Gasteiger partial charge on any atom is -0.291 e. The molecule has 0 aromatic heterocycles. The first-order valence-electron chi connectivity index (χ1n) is 4.57. The molecule has 1 rings (SSSR count). The molecule has 1 nitrogen and oxygen atoms in total. The third-order valence-corrected chi connectivity index (χ3v) is 2.13. The first kappa shape index (κ1) is 11.0. The van der Waals surface area contributed by atoms with E-state index >= 15 is 0 Å². The fourth-order valence-corrected chi connectivity index (χ4v) is 1.28. The van der Waals surface area contributed by atoms with Crippen molar-refractivity contribution in [3.05, 3.63) is 47.0 Å². The largest absolute Gasteiger partial charge is 0.291 e. The van der Waals surface area contributed by atoms with E-state index in [1.54, 1.807) is 0 Å².